The first-order chi connectivity index (χ1) is 16.1. The second-order valence-corrected chi connectivity index (χ2v) is 9.32. The molecule has 7 nitrogen and oxygen atoms in total. The number of hydrogen-bond acceptors (Lipinski definition) is 6. The highest BCUT2D eigenvalue weighted by molar-refractivity contribution is 7.13. The largest absolute Gasteiger partial charge is 0.396 e. The summed E-state index contributed by atoms with van der Waals surface area (Å²) in [5.41, 5.74) is 2.53. The number of likely N-dealkylation sites (N-methyl/N-ethyl adjacent to an activating group) is 1. The highest BCUT2D eigenvalue weighted by Crippen LogP contribution is 2.49. The lowest BCUT2D eigenvalue weighted by atomic mass is 9.88. The summed E-state index contributed by atoms with van der Waals surface area (Å²) < 4.78 is 1.82. The van der Waals surface area contributed by atoms with Crippen molar-refractivity contribution >= 4 is 34.5 Å². The molecule has 4 atom stereocenters. The van der Waals surface area contributed by atoms with Gasteiger partial charge in [0.2, 0.25) is 5.91 Å². The third-order valence-corrected chi connectivity index (χ3v) is 7.46. The van der Waals surface area contributed by atoms with E-state index in [0.29, 0.717) is 23.8 Å². The van der Waals surface area contributed by atoms with Crippen molar-refractivity contribution < 1.29 is 9.90 Å². The summed E-state index contributed by atoms with van der Waals surface area (Å²) in [5, 5.41) is 15.5. The molecule has 4 heterocycles. The van der Waals surface area contributed by atoms with Crippen LogP contribution < -0.4 is 10.9 Å². The SMILES string of the molecule is CCN1[C@@H]2c3ccc(/C=C/c4ccccc4)c(=O)n3C[C@@H]2[C@@H](CO)[C@@H]1C(=O)Nc1nccs1. The molecule has 0 radical (unpaired) electrons. The third-order valence-electron chi connectivity index (χ3n) is 6.77. The molecule has 0 saturated carbocycles. The molecule has 1 fully saturated rings. The fourth-order valence-corrected chi connectivity index (χ4v) is 5.87. The van der Waals surface area contributed by atoms with Crippen molar-refractivity contribution in [3.05, 3.63) is 81.2 Å². The Morgan fingerprint density at radius 2 is 2.06 bits per heavy atom. The average molecular weight is 463 g/mol. The van der Waals surface area contributed by atoms with Gasteiger partial charge in [-0.05, 0) is 30.3 Å². The van der Waals surface area contributed by atoms with E-state index in [0.717, 1.165) is 11.3 Å². The standard InChI is InChI=1S/C25H26N4O3S/c1-2-28-21-18(19(15-30)22(28)23(31)27-25-26-12-13-33-25)14-29-20(21)11-10-17(24(29)32)9-8-16-6-4-3-5-7-16/h3-13,18-19,21-22,30H,2,14-15H2,1H3,(H,26,27,31)/b9-8+/t18-,19-,21+,22-/m1/s1. The first kappa shape index (κ1) is 21.8. The number of anilines is 1. The van der Waals surface area contributed by atoms with Gasteiger partial charge in [-0.3, -0.25) is 14.5 Å². The van der Waals surface area contributed by atoms with Gasteiger partial charge >= 0.3 is 0 Å². The van der Waals surface area contributed by atoms with Crippen LogP contribution >= 0.6 is 11.3 Å². The molecule has 2 aromatic heterocycles. The number of amides is 1. The molecule has 2 aliphatic heterocycles. The molecular weight excluding hydrogens is 436 g/mol. The number of fused-ring (bicyclic) bond motifs is 3. The third kappa shape index (κ3) is 3.84. The van der Waals surface area contributed by atoms with E-state index >= 15 is 0 Å². The summed E-state index contributed by atoms with van der Waals surface area (Å²) in [4.78, 5) is 32.7. The molecule has 33 heavy (non-hydrogen) atoms. The monoisotopic (exact) mass is 462 g/mol. The summed E-state index contributed by atoms with van der Waals surface area (Å²) in [6, 6.07) is 13.2. The Labute approximate surface area is 196 Å². The van der Waals surface area contributed by atoms with Gasteiger partial charge in [0.05, 0.1) is 12.1 Å². The molecule has 1 aromatic carbocycles. The Hall–Kier alpha value is -3.07. The van der Waals surface area contributed by atoms with Crippen molar-refractivity contribution in [2.75, 3.05) is 18.5 Å². The topological polar surface area (TPSA) is 87.5 Å². The van der Waals surface area contributed by atoms with E-state index in [9.17, 15) is 14.7 Å². The van der Waals surface area contributed by atoms with Crippen molar-refractivity contribution in [3.8, 4) is 0 Å². The fourth-order valence-electron chi connectivity index (χ4n) is 5.34. The zero-order valence-corrected chi connectivity index (χ0v) is 19.1. The number of nitrogens with zero attached hydrogens (tertiary/aromatic N) is 3. The van der Waals surface area contributed by atoms with E-state index in [-0.39, 0.29) is 36.0 Å². The van der Waals surface area contributed by atoms with Gasteiger partial charge in [-0.15, -0.1) is 11.3 Å². The zero-order chi connectivity index (χ0) is 22.9. The normalized spacial score (nSPS) is 24.2. The van der Waals surface area contributed by atoms with Crippen LogP contribution in [0.2, 0.25) is 0 Å². The van der Waals surface area contributed by atoms with E-state index in [1.807, 2.05) is 71.5 Å². The molecule has 2 N–H and O–H groups in total. The van der Waals surface area contributed by atoms with Gasteiger partial charge < -0.3 is 15.0 Å². The maximum Gasteiger partial charge on any atom is 0.258 e. The fraction of sp³-hybridized carbons (Fsp3) is 0.320. The second-order valence-electron chi connectivity index (χ2n) is 8.43. The molecule has 0 spiro atoms. The van der Waals surface area contributed by atoms with Crippen LogP contribution in [0.4, 0.5) is 5.13 Å². The number of benzene rings is 1. The number of carbonyl (C=O) groups is 1. The van der Waals surface area contributed by atoms with Crippen molar-refractivity contribution in [2.24, 2.45) is 11.8 Å². The lowest BCUT2D eigenvalue weighted by molar-refractivity contribution is -0.122. The van der Waals surface area contributed by atoms with Gasteiger partial charge in [-0.25, -0.2) is 4.98 Å². The van der Waals surface area contributed by atoms with Gasteiger partial charge in [0.1, 0.15) is 0 Å². The molecule has 8 heteroatoms. The number of aliphatic hydroxyl groups is 1. The number of hydrogen-bond donors (Lipinski definition) is 2. The minimum Gasteiger partial charge on any atom is -0.396 e. The number of nitrogens with one attached hydrogen (secondary N) is 1. The van der Waals surface area contributed by atoms with E-state index in [4.69, 9.17) is 0 Å². The molecule has 5 rings (SSSR count). The summed E-state index contributed by atoms with van der Waals surface area (Å²) >= 11 is 1.37. The lowest BCUT2D eigenvalue weighted by Crippen LogP contribution is -2.45. The van der Waals surface area contributed by atoms with Gasteiger partial charge in [0.15, 0.2) is 5.13 Å². The van der Waals surface area contributed by atoms with Crippen molar-refractivity contribution in [1.82, 2.24) is 14.5 Å². The zero-order valence-electron chi connectivity index (χ0n) is 18.3. The predicted octanol–water partition coefficient (Wildman–Crippen LogP) is 3.10. The highest BCUT2D eigenvalue weighted by Gasteiger charge is 2.55. The van der Waals surface area contributed by atoms with Crippen LogP contribution in [0.3, 0.4) is 0 Å². The number of thiazole rings is 1. The van der Waals surface area contributed by atoms with Gasteiger partial charge in [-0.1, -0.05) is 43.3 Å². The molecule has 0 unspecified atom stereocenters. The summed E-state index contributed by atoms with van der Waals surface area (Å²) in [6.45, 7) is 3.03. The van der Waals surface area contributed by atoms with Crippen molar-refractivity contribution in [3.63, 3.8) is 0 Å². The average Bonchev–Trinajstić information content (AvgIpc) is 3.54. The Morgan fingerprint density at radius 3 is 2.76 bits per heavy atom. The Kier molecular flexibility index (Phi) is 5.97. The van der Waals surface area contributed by atoms with Crippen molar-refractivity contribution in [1.29, 1.82) is 0 Å². The highest BCUT2D eigenvalue weighted by atomic mass is 32.1. The Bertz CT molecular complexity index is 1220. The second kappa shape index (κ2) is 9.05. The molecular formula is C25H26N4O3S. The van der Waals surface area contributed by atoms with Gasteiger partial charge in [-0.2, -0.15) is 0 Å². The number of rotatable bonds is 6. The number of likely N-dealkylation sites (tertiary alicyclic amines) is 1. The molecule has 2 aliphatic rings. The van der Waals surface area contributed by atoms with Crippen LogP contribution in [0.25, 0.3) is 12.2 Å². The van der Waals surface area contributed by atoms with Crippen LogP contribution in [-0.4, -0.2) is 44.7 Å². The van der Waals surface area contributed by atoms with E-state index < -0.39 is 6.04 Å². The quantitative estimate of drug-likeness (QED) is 0.588. The summed E-state index contributed by atoms with van der Waals surface area (Å²) in [5.74, 6) is -0.433. The molecule has 0 bridgehead atoms. The van der Waals surface area contributed by atoms with Crippen molar-refractivity contribution in [2.45, 2.75) is 25.6 Å². The maximum atomic E-state index is 13.3. The van der Waals surface area contributed by atoms with Crippen LogP contribution in [0.15, 0.2) is 58.8 Å². The summed E-state index contributed by atoms with van der Waals surface area (Å²) in [6.07, 6.45) is 5.44. The molecule has 0 aliphatic carbocycles. The predicted molar refractivity (Wildman–Crippen MR) is 130 cm³/mol. The number of aromatic nitrogens is 2. The van der Waals surface area contributed by atoms with Crippen LogP contribution in [0, 0.1) is 11.8 Å². The van der Waals surface area contributed by atoms with E-state index in [1.54, 1.807) is 6.20 Å². The van der Waals surface area contributed by atoms with E-state index in [2.05, 4.69) is 15.2 Å². The molecule has 3 aromatic rings. The van der Waals surface area contributed by atoms with Crippen LogP contribution in [-0.2, 0) is 11.3 Å². The smallest absolute Gasteiger partial charge is 0.258 e. The Morgan fingerprint density at radius 1 is 1.24 bits per heavy atom. The molecule has 1 saturated heterocycles. The summed E-state index contributed by atoms with van der Waals surface area (Å²) in [7, 11) is 0. The minimum absolute atomic E-state index is 0.0111. The van der Waals surface area contributed by atoms with Gasteiger partial charge in [0.25, 0.3) is 5.56 Å². The lowest BCUT2D eigenvalue weighted by Gasteiger charge is -2.29. The molecule has 1 amide bonds. The maximum absolute atomic E-state index is 13.3. The first-order valence-electron chi connectivity index (χ1n) is 11.2. The number of pyridine rings is 1. The van der Waals surface area contributed by atoms with Gasteiger partial charge in [0, 0.05) is 47.8 Å². The van der Waals surface area contributed by atoms with E-state index in [1.165, 1.54) is 11.3 Å². The van der Waals surface area contributed by atoms with Crippen LogP contribution in [0.5, 0.6) is 0 Å². The first-order valence-corrected chi connectivity index (χ1v) is 12.0. The number of carbonyl (C=O) groups excluding carboxylic acids is 1. The number of aliphatic hydroxyl groups excluding tert-OH is 1. The Balaban J connectivity index is 1.45. The van der Waals surface area contributed by atoms with Crippen LogP contribution in [0.1, 0.15) is 29.8 Å². The molecule has 170 valence electrons. The minimum atomic E-state index is -0.472.